The van der Waals surface area contributed by atoms with Crippen molar-refractivity contribution in [3.63, 3.8) is 0 Å². The first-order chi connectivity index (χ1) is 10.7. The molecule has 122 valence electrons. The van der Waals surface area contributed by atoms with Crippen molar-refractivity contribution in [2.24, 2.45) is 5.41 Å². The van der Waals surface area contributed by atoms with E-state index in [-0.39, 0.29) is 11.3 Å². The number of aryl methyl sites for hydroxylation is 1. The van der Waals surface area contributed by atoms with E-state index in [2.05, 4.69) is 41.8 Å². The molecule has 4 nitrogen and oxygen atoms in total. The molecule has 0 atom stereocenters. The summed E-state index contributed by atoms with van der Waals surface area (Å²) in [6, 6.07) is 8.48. The predicted octanol–water partition coefficient (Wildman–Crippen LogP) is 2.22. The van der Waals surface area contributed by atoms with Gasteiger partial charge in [0.2, 0.25) is 5.91 Å². The average Bonchev–Trinajstić information content (AvgIpc) is 2.54. The normalized spacial score (nSPS) is 17.2. The number of hydrogen-bond donors (Lipinski definition) is 2. The Morgan fingerprint density at radius 3 is 2.64 bits per heavy atom. The number of hydrogen-bond acceptors (Lipinski definition) is 4. The Bertz CT molecular complexity index is 465. The summed E-state index contributed by atoms with van der Waals surface area (Å²) in [5.41, 5.74) is 0.916. The van der Waals surface area contributed by atoms with Crippen LogP contribution < -0.4 is 10.6 Å². The van der Waals surface area contributed by atoms with Gasteiger partial charge in [-0.1, -0.05) is 17.7 Å². The molecular formula is C17H26N2O2S. The molecule has 2 N–H and O–H groups in total. The zero-order chi connectivity index (χ0) is 15.8. The van der Waals surface area contributed by atoms with Crippen LogP contribution in [0.3, 0.4) is 0 Å². The lowest BCUT2D eigenvalue weighted by molar-refractivity contribution is -0.136. The Kier molecular flexibility index (Phi) is 6.73. The Morgan fingerprint density at radius 1 is 1.32 bits per heavy atom. The van der Waals surface area contributed by atoms with Gasteiger partial charge in [-0.25, -0.2) is 0 Å². The molecule has 0 unspecified atom stereocenters. The van der Waals surface area contributed by atoms with Crippen molar-refractivity contribution in [1.82, 2.24) is 10.6 Å². The second-order valence-electron chi connectivity index (χ2n) is 5.88. The molecule has 0 aromatic heterocycles. The fourth-order valence-corrected chi connectivity index (χ4v) is 3.54. The topological polar surface area (TPSA) is 50.4 Å². The van der Waals surface area contributed by atoms with Crippen LogP contribution in [0.15, 0.2) is 29.2 Å². The first-order valence-electron chi connectivity index (χ1n) is 7.84. The molecule has 0 aliphatic carbocycles. The zero-order valence-corrected chi connectivity index (χ0v) is 14.3. The van der Waals surface area contributed by atoms with Gasteiger partial charge < -0.3 is 15.4 Å². The smallest absolute Gasteiger partial charge is 0.228 e. The third kappa shape index (κ3) is 4.73. The molecule has 1 fully saturated rings. The summed E-state index contributed by atoms with van der Waals surface area (Å²) in [5.74, 6) is 1.02. The van der Waals surface area contributed by atoms with Crippen molar-refractivity contribution in [3.8, 4) is 0 Å². The van der Waals surface area contributed by atoms with E-state index < -0.39 is 0 Å². The first kappa shape index (κ1) is 17.3. The maximum Gasteiger partial charge on any atom is 0.228 e. The number of piperidine rings is 1. The molecule has 1 saturated heterocycles. The van der Waals surface area contributed by atoms with E-state index in [4.69, 9.17) is 4.74 Å². The van der Waals surface area contributed by atoms with Crippen molar-refractivity contribution in [3.05, 3.63) is 29.8 Å². The number of ether oxygens (including phenoxy) is 1. The molecule has 1 aromatic carbocycles. The quantitative estimate of drug-likeness (QED) is 0.597. The molecular weight excluding hydrogens is 296 g/mol. The van der Waals surface area contributed by atoms with Gasteiger partial charge in [0.1, 0.15) is 0 Å². The lowest BCUT2D eigenvalue weighted by atomic mass is 9.78. The van der Waals surface area contributed by atoms with Crippen molar-refractivity contribution in [2.45, 2.75) is 24.7 Å². The van der Waals surface area contributed by atoms with E-state index in [1.54, 1.807) is 18.9 Å². The van der Waals surface area contributed by atoms with Gasteiger partial charge in [0, 0.05) is 24.3 Å². The summed E-state index contributed by atoms with van der Waals surface area (Å²) in [6.45, 7) is 5.05. The standard InChI is InChI=1S/C17H26N2O2S/c1-14-3-5-15(6-4-14)22-12-11-19-16(20)17(13-21-2)7-9-18-10-8-17/h3-6,18H,7-13H2,1-2H3,(H,19,20). The van der Waals surface area contributed by atoms with E-state index in [1.165, 1.54) is 10.5 Å². The van der Waals surface area contributed by atoms with Gasteiger partial charge in [-0.3, -0.25) is 4.79 Å². The van der Waals surface area contributed by atoms with E-state index in [9.17, 15) is 4.79 Å². The summed E-state index contributed by atoms with van der Waals surface area (Å²) in [6.07, 6.45) is 1.69. The SMILES string of the molecule is COCC1(C(=O)NCCSc2ccc(C)cc2)CCNCC1. The van der Waals surface area contributed by atoms with E-state index in [0.29, 0.717) is 13.2 Å². The van der Waals surface area contributed by atoms with Gasteiger partial charge in [0.15, 0.2) is 0 Å². The number of carbonyl (C=O) groups is 1. The number of carbonyl (C=O) groups excluding carboxylic acids is 1. The lowest BCUT2D eigenvalue weighted by Crippen LogP contribution is -2.50. The van der Waals surface area contributed by atoms with Crippen molar-refractivity contribution < 1.29 is 9.53 Å². The van der Waals surface area contributed by atoms with Crippen LogP contribution in [-0.2, 0) is 9.53 Å². The molecule has 5 heteroatoms. The van der Waals surface area contributed by atoms with Crippen molar-refractivity contribution >= 4 is 17.7 Å². The van der Waals surface area contributed by atoms with Crippen LogP contribution in [0.4, 0.5) is 0 Å². The number of nitrogens with one attached hydrogen (secondary N) is 2. The molecule has 1 aromatic rings. The minimum atomic E-state index is -0.353. The molecule has 1 aliphatic heterocycles. The van der Waals surface area contributed by atoms with Gasteiger partial charge in [-0.15, -0.1) is 11.8 Å². The van der Waals surface area contributed by atoms with Gasteiger partial charge in [0.05, 0.1) is 12.0 Å². The molecule has 0 radical (unpaired) electrons. The fraction of sp³-hybridized carbons (Fsp3) is 0.588. The largest absolute Gasteiger partial charge is 0.384 e. The van der Waals surface area contributed by atoms with Gasteiger partial charge in [-0.2, -0.15) is 0 Å². The Morgan fingerprint density at radius 2 is 2.00 bits per heavy atom. The molecule has 0 saturated carbocycles. The summed E-state index contributed by atoms with van der Waals surface area (Å²) in [4.78, 5) is 13.8. The number of methoxy groups -OCH3 is 1. The molecule has 1 amide bonds. The highest BCUT2D eigenvalue weighted by Crippen LogP contribution is 2.29. The van der Waals surface area contributed by atoms with Gasteiger partial charge in [0.25, 0.3) is 0 Å². The van der Waals surface area contributed by atoms with Crippen LogP contribution in [0.25, 0.3) is 0 Å². The number of amides is 1. The number of thioether (sulfide) groups is 1. The average molecular weight is 322 g/mol. The highest BCUT2D eigenvalue weighted by molar-refractivity contribution is 7.99. The zero-order valence-electron chi connectivity index (χ0n) is 13.5. The molecule has 22 heavy (non-hydrogen) atoms. The van der Waals surface area contributed by atoms with Crippen LogP contribution in [0.5, 0.6) is 0 Å². The third-order valence-corrected chi connectivity index (χ3v) is 5.15. The summed E-state index contributed by atoms with van der Waals surface area (Å²) < 4.78 is 5.30. The minimum Gasteiger partial charge on any atom is -0.384 e. The molecule has 0 spiro atoms. The van der Waals surface area contributed by atoms with E-state index in [0.717, 1.165) is 31.7 Å². The minimum absolute atomic E-state index is 0.139. The van der Waals surface area contributed by atoms with Crippen LogP contribution in [0, 0.1) is 12.3 Å². The van der Waals surface area contributed by atoms with Gasteiger partial charge >= 0.3 is 0 Å². The van der Waals surface area contributed by atoms with Crippen molar-refractivity contribution in [2.75, 3.05) is 39.1 Å². The Balaban J connectivity index is 1.77. The van der Waals surface area contributed by atoms with Crippen LogP contribution in [0.2, 0.25) is 0 Å². The molecule has 1 aliphatic rings. The van der Waals surface area contributed by atoms with Gasteiger partial charge in [-0.05, 0) is 45.0 Å². The van der Waals surface area contributed by atoms with Crippen LogP contribution >= 0.6 is 11.8 Å². The third-order valence-electron chi connectivity index (χ3n) is 4.14. The fourth-order valence-electron chi connectivity index (χ4n) is 2.77. The molecule has 0 bridgehead atoms. The highest BCUT2D eigenvalue weighted by Gasteiger charge is 2.39. The second-order valence-corrected chi connectivity index (χ2v) is 7.05. The first-order valence-corrected chi connectivity index (χ1v) is 8.82. The number of rotatable bonds is 7. The summed E-state index contributed by atoms with van der Waals surface area (Å²) >= 11 is 1.77. The Labute approximate surface area is 137 Å². The van der Waals surface area contributed by atoms with E-state index >= 15 is 0 Å². The molecule has 2 rings (SSSR count). The monoisotopic (exact) mass is 322 g/mol. The Hall–Kier alpha value is -1.04. The molecule has 1 heterocycles. The predicted molar refractivity (Wildman–Crippen MR) is 91.3 cm³/mol. The van der Waals surface area contributed by atoms with E-state index in [1.807, 2.05) is 0 Å². The highest BCUT2D eigenvalue weighted by atomic mass is 32.2. The van der Waals surface area contributed by atoms with Crippen LogP contribution in [-0.4, -0.2) is 45.0 Å². The summed E-state index contributed by atoms with van der Waals surface area (Å²) in [7, 11) is 1.67. The lowest BCUT2D eigenvalue weighted by Gasteiger charge is -2.35. The van der Waals surface area contributed by atoms with Crippen molar-refractivity contribution in [1.29, 1.82) is 0 Å². The summed E-state index contributed by atoms with van der Waals surface area (Å²) in [5, 5.41) is 6.40. The number of benzene rings is 1. The maximum absolute atomic E-state index is 12.5. The maximum atomic E-state index is 12.5. The van der Waals surface area contributed by atoms with Crippen LogP contribution in [0.1, 0.15) is 18.4 Å². The second kappa shape index (κ2) is 8.56.